The summed E-state index contributed by atoms with van der Waals surface area (Å²) in [4.78, 5) is 6.84. The SMILES string of the molecule is Cc1ccc2c(c1)c1c(n2CCc2ccc(Cl)nc2)CC2CCC1N2C. The number of benzene rings is 1. The lowest BCUT2D eigenvalue weighted by Gasteiger charge is -2.32. The number of aromatic nitrogens is 2. The Kier molecular flexibility index (Phi) is 3.84. The van der Waals surface area contributed by atoms with E-state index < -0.39 is 0 Å². The van der Waals surface area contributed by atoms with Gasteiger partial charge in [-0.1, -0.05) is 29.3 Å². The van der Waals surface area contributed by atoms with Crippen LogP contribution >= 0.6 is 11.6 Å². The molecule has 1 saturated heterocycles. The summed E-state index contributed by atoms with van der Waals surface area (Å²) in [6, 6.07) is 12.2. The maximum atomic E-state index is 5.93. The Morgan fingerprint density at radius 2 is 2.08 bits per heavy atom. The summed E-state index contributed by atoms with van der Waals surface area (Å²) >= 11 is 5.93. The third kappa shape index (κ3) is 2.49. The highest BCUT2D eigenvalue weighted by atomic mass is 35.5. The number of hydrogen-bond donors (Lipinski definition) is 0. The molecular formula is C22H24ClN3. The first-order valence-electron chi connectivity index (χ1n) is 9.56. The maximum absolute atomic E-state index is 5.93. The van der Waals surface area contributed by atoms with Crippen LogP contribution in [0.2, 0.25) is 5.15 Å². The largest absolute Gasteiger partial charge is 0.344 e. The first-order chi connectivity index (χ1) is 12.6. The van der Waals surface area contributed by atoms with Gasteiger partial charge in [0.05, 0.1) is 0 Å². The number of nitrogens with zero attached hydrogens (tertiary/aromatic N) is 3. The van der Waals surface area contributed by atoms with E-state index in [-0.39, 0.29) is 0 Å². The monoisotopic (exact) mass is 365 g/mol. The van der Waals surface area contributed by atoms with Crippen molar-refractivity contribution in [3.8, 4) is 0 Å². The molecule has 5 rings (SSSR count). The van der Waals surface area contributed by atoms with Gasteiger partial charge in [-0.3, -0.25) is 4.90 Å². The number of aryl methyl sites for hydroxylation is 3. The molecule has 1 aromatic carbocycles. The van der Waals surface area contributed by atoms with E-state index in [0.29, 0.717) is 17.2 Å². The van der Waals surface area contributed by atoms with Crippen molar-refractivity contribution in [1.82, 2.24) is 14.5 Å². The number of likely N-dealkylation sites (N-methyl/N-ethyl adjacent to an activating group) is 1. The number of halogens is 1. The zero-order valence-electron chi connectivity index (χ0n) is 15.4. The van der Waals surface area contributed by atoms with E-state index in [2.05, 4.69) is 52.7 Å². The number of hydrogen-bond acceptors (Lipinski definition) is 2. The van der Waals surface area contributed by atoms with Gasteiger partial charge in [-0.2, -0.15) is 0 Å². The minimum Gasteiger partial charge on any atom is -0.344 e. The average Bonchev–Trinajstić information content (AvgIpc) is 3.04. The standard InChI is InChI=1S/C22H24ClN3/c1-14-3-6-18-17(11-14)22-19-7-5-16(25(19)2)12-20(22)26(18)10-9-15-4-8-21(23)24-13-15/h3-4,6,8,11,13,16,19H,5,7,9-10,12H2,1-2H3. The summed E-state index contributed by atoms with van der Waals surface area (Å²) in [6.45, 7) is 3.20. The highest BCUT2D eigenvalue weighted by Crippen LogP contribution is 2.46. The van der Waals surface area contributed by atoms with Crippen molar-refractivity contribution in [2.45, 2.75) is 51.2 Å². The van der Waals surface area contributed by atoms with Crippen molar-refractivity contribution in [3.63, 3.8) is 0 Å². The first kappa shape index (κ1) is 16.3. The molecule has 4 heterocycles. The summed E-state index contributed by atoms with van der Waals surface area (Å²) < 4.78 is 2.58. The minimum atomic E-state index is 0.563. The molecule has 2 atom stereocenters. The fourth-order valence-electron chi connectivity index (χ4n) is 5.02. The van der Waals surface area contributed by atoms with E-state index in [0.717, 1.165) is 13.0 Å². The Morgan fingerprint density at radius 3 is 2.88 bits per heavy atom. The third-order valence-corrected chi connectivity index (χ3v) is 6.61. The van der Waals surface area contributed by atoms with Gasteiger partial charge >= 0.3 is 0 Å². The van der Waals surface area contributed by atoms with Crippen molar-refractivity contribution in [3.05, 3.63) is 64.1 Å². The lowest BCUT2D eigenvalue weighted by Crippen LogP contribution is -2.34. The maximum Gasteiger partial charge on any atom is 0.129 e. The van der Waals surface area contributed by atoms with Gasteiger partial charge in [0.1, 0.15) is 5.15 Å². The quantitative estimate of drug-likeness (QED) is 0.613. The van der Waals surface area contributed by atoms with E-state index >= 15 is 0 Å². The van der Waals surface area contributed by atoms with Gasteiger partial charge < -0.3 is 4.57 Å². The predicted octanol–water partition coefficient (Wildman–Crippen LogP) is 4.93. The molecule has 0 aliphatic carbocycles. The molecule has 1 fully saturated rings. The van der Waals surface area contributed by atoms with Crippen molar-refractivity contribution < 1.29 is 0 Å². The van der Waals surface area contributed by atoms with E-state index in [1.165, 1.54) is 41.3 Å². The molecule has 26 heavy (non-hydrogen) atoms. The molecule has 4 heteroatoms. The minimum absolute atomic E-state index is 0.563. The Balaban J connectivity index is 1.59. The molecule has 2 aromatic heterocycles. The first-order valence-corrected chi connectivity index (χ1v) is 9.93. The predicted molar refractivity (Wildman–Crippen MR) is 107 cm³/mol. The van der Waals surface area contributed by atoms with Crippen LogP contribution in [0.4, 0.5) is 0 Å². The van der Waals surface area contributed by atoms with E-state index in [1.807, 2.05) is 12.3 Å². The second-order valence-corrected chi connectivity index (χ2v) is 8.28. The van der Waals surface area contributed by atoms with Crippen LogP contribution in [0, 0.1) is 6.92 Å². The summed E-state index contributed by atoms with van der Waals surface area (Å²) in [5, 5.41) is 2.03. The second kappa shape index (κ2) is 6.11. The third-order valence-electron chi connectivity index (χ3n) is 6.39. The van der Waals surface area contributed by atoms with Gasteiger partial charge in [0.15, 0.2) is 0 Å². The van der Waals surface area contributed by atoms with Crippen LogP contribution in [-0.2, 0) is 19.4 Å². The molecule has 0 radical (unpaired) electrons. The summed E-state index contributed by atoms with van der Waals surface area (Å²) in [6.07, 6.45) is 6.68. The topological polar surface area (TPSA) is 21.1 Å². The Hall–Kier alpha value is -1.84. The van der Waals surface area contributed by atoms with Crippen molar-refractivity contribution in [1.29, 1.82) is 0 Å². The Labute approximate surface area is 159 Å². The smallest absolute Gasteiger partial charge is 0.129 e. The van der Waals surface area contributed by atoms with Crippen molar-refractivity contribution in [2.75, 3.05) is 7.05 Å². The van der Waals surface area contributed by atoms with Gasteiger partial charge in [0.2, 0.25) is 0 Å². The van der Waals surface area contributed by atoms with Crippen LogP contribution < -0.4 is 0 Å². The number of pyridine rings is 1. The molecule has 0 N–H and O–H groups in total. The summed E-state index contributed by atoms with van der Waals surface area (Å²) in [7, 11) is 2.31. The van der Waals surface area contributed by atoms with E-state index in [4.69, 9.17) is 11.6 Å². The van der Waals surface area contributed by atoms with E-state index in [1.54, 1.807) is 11.3 Å². The lowest BCUT2D eigenvalue weighted by atomic mass is 9.97. The van der Waals surface area contributed by atoms with Crippen molar-refractivity contribution >= 4 is 22.5 Å². The highest BCUT2D eigenvalue weighted by molar-refractivity contribution is 6.29. The molecular weight excluding hydrogens is 342 g/mol. The van der Waals surface area contributed by atoms with Crippen LogP contribution in [0.3, 0.4) is 0 Å². The summed E-state index contributed by atoms with van der Waals surface area (Å²) in [5.41, 5.74) is 7.14. The van der Waals surface area contributed by atoms with Gasteiger partial charge in [-0.05, 0) is 62.6 Å². The molecule has 0 spiro atoms. The van der Waals surface area contributed by atoms with Crippen LogP contribution in [0.15, 0.2) is 36.5 Å². The van der Waals surface area contributed by atoms with Crippen LogP contribution in [-0.4, -0.2) is 27.5 Å². The van der Waals surface area contributed by atoms with Gasteiger partial charge in [-0.15, -0.1) is 0 Å². The molecule has 2 unspecified atom stereocenters. The molecule has 3 aromatic rings. The van der Waals surface area contributed by atoms with Gasteiger partial charge in [0, 0.05) is 47.8 Å². The van der Waals surface area contributed by atoms with Gasteiger partial charge in [-0.25, -0.2) is 4.98 Å². The molecule has 2 aliphatic rings. The molecule has 134 valence electrons. The second-order valence-electron chi connectivity index (χ2n) is 7.89. The fraction of sp³-hybridized carbons (Fsp3) is 0.409. The average molecular weight is 366 g/mol. The van der Waals surface area contributed by atoms with Crippen LogP contribution in [0.5, 0.6) is 0 Å². The highest BCUT2D eigenvalue weighted by Gasteiger charge is 2.40. The Bertz CT molecular complexity index is 973. The van der Waals surface area contributed by atoms with Gasteiger partial charge in [0.25, 0.3) is 0 Å². The molecule has 0 saturated carbocycles. The number of rotatable bonds is 3. The normalized spacial score (nSPS) is 22.1. The van der Waals surface area contributed by atoms with E-state index in [9.17, 15) is 0 Å². The fourth-order valence-corrected chi connectivity index (χ4v) is 5.13. The molecule has 2 bridgehead atoms. The summed E-state index contributed by atoms with van der Waals surface area (Å²) in [5.74, 6) is 0. The zero-order valence-corrected chi connectivity index (χ0v) is 16.1. The van der Waals surface area contributed by atoms with Crippen LogP contribution in [0.1, 0.15) is 41.3 Å². The Morgan fingerprint density at radius 1 is 1.19 bits per heavy atom. The molecule has 3 nitrogen and oxygen atoms in total. The number of fused-ring (bicyclic) bond motifs is 6. The van der Waals surface area contributed by atoms with Crippen molar-refractivity contribution in [2.24, 2.45) is 0 Å². The zero-order chi connectivity index (χ0) is 17.8. The lowest BCUT2D eigenvalue weighted by molar-refractivity contribution is 0.222. The molecule has 0 amide bonds. The van der Waals surface area contributed by atoms with Crippen LogP contribution in [0.25, 0.3) is 10.9 Å². The molecule has 2 aliphatic heterocycles.